The standard InChI is InChI=1S/C18H22N4O2/c1-5-22(4)12-19-17-10-13(2)16(9-14(17)3)18(23)24-11-15-7-6-8-20-21-15/h6-10,12H,5,11H2,1-4H3. The molecule has 0 N–H and O–H groups in total. The summed E-state index contributed by atoms with van der Waals surface area (Å²) in [5, 5.41) is 7.66. The number of ether oxygens (including phenoxy) is 1. The Morgan fingerprint density at radius 3 is 2.79 bits per heavy atom. The Labute approximate surface area is 142 Å². The topological polar surface area (TPSA) is 67.7 Å². The molecule has 1 aromatic carbocycles. The van der Waals surface area contributed by atoms with Gasteiger partial charge in [-0.25, -0.2) is 9.79 Å². The van der Waals surface area contributed by atoms with E-state index in [0.29, 0.717) is 11.3 Å². The number of carbonyl (C=O) groups is 1. The number of carbonyl (C=O) groups excluding carboxylic acids is 1. The van der Waals surface area contributed by atoms with Gasteiger partial charge in [-0.15, -0.1) is 0 Å². The molecule has 126 valence electrons. The fourth-order valence-corrected chi connectivity index (χ4v) is 2.03. The first kappa shape index (κ1) is 17.6. The van der Waals surface area contributed by atoms with E-state index >= 15 is 0 Å². The van der Waals surface area contributed by atoms with Gasteiger partial charge in [0, 0.05) is 19.8 Å². The van der Waals surface area contributed by atoms with Crippen LogP contribution in [0, 0.1) is 13.8 Å². The van der Waals surface area contributed by atoms with Gasteiger partial charge in [0.2, 0.25) is 0 Å². The molecule has 2 aromatic rings. The Balaban J connectivity index is 2.11. The van der Waals surface area contributed by atoms with Crippen LogP contribution in [0.1, 0.15) is 34.1 Å². The maximum atomic E-state index is 12.3. The Bertz CT molecular complexity index is 729. The predicted molar refractivity (Wildman–Crippen MR) is 93.5 cm³/mol. The number of aryl methyl sites for hydroxylation is 2. The number of aromatic nitrogens is 2. The van der Waals surface area contributed by atoms with Gasteiger partial charge < -0.3 is 9.64 Å². The Morgan fingerprint density at radius 2 is 2.12 bits per heavy atom. The lowest BCUT2D eigenvalue weighted by molar-refractivity contribution is 0.0466. The van der Waals surface area contributed by atoms with Gasteiger partial charge in [-0.3, -0.25) is 0 Å². The second-order valence-electron chi connectivity index (χ2n) is 5.56. The Morgan fingerprint density at radius 1 is 1.33 bits per heavy atom. The molecule has 0 unspecified atom stereocenters. The first-order valence-electron chi connectivity index (χ1n) is 7.80. The van der Waals surface area contributed by atoms with Crippen molar-refractivity contribution in [3.8, 4) is 0 Å². The molecule has 24 heavy (non-hydrogen) atoms. The predicted octanol–water partition coefficient (Wildman–Crippen LogP) is 3.06. The van der Waals surface area contributed by atoms with Crippen molar-refractivity contribution in [1.29, 1.82) is 0 Å². The lowest BCUT2D eigenvalue weighted by atomic mass is 10.0. The van der Waals surface area contributed by atoms with E-state index in [1.807, 2.05) is 37.9 Å². The molecule has 2 rings (SSSR count). The molecule has 0 aliphatic heterocycles. The van der Waals surface area contributed by atoms with Gasteiger partial charge >= 0.3 is 5.97 Å². The summed E-state index contributed by atoms with van der Waals surface area (Å²) in [4.78, 5) is 18.7. The van der Waals surface area contributed by atoms with Crippen LogP contribution in [0.15, 0.2) is 35.5 Å². The third kappa shape index (κ3) is 4.62. The second kappa shape index (κ2) is 8.19. The van der Waals surface area contributed by atoms with Crippen molar-refractivity contribution < 1.29 is 9.53 Å². The average molecular weight is 326 g/mol. The van der Waals surface area contributed by atoms with E-state index in [2.05, 4.69) is 22.1 Å². The van der Waals surface area contributed by atoms with Crippen LogP contribution in [-0.2, 0) is 11.3 Å². The molecule has 1 heterocycles. The van der Waals surface area contributed by atoms with Crippen LogP contribution >= 0.6 is 0 Å². The van der Waals surface area contributed by atoms with E-state index in [1.165, 1.54) is 0 Å². The molecule has 0 spiro atoms. The first-order chi connectivity index (χ1) is 11.5. The maximum Gasteiger partial charge on any atom is 0.338 e. The molecule has 0 amide bonds. The van der Waals surface area contributed by atoms with E-state index in [-0.39, 0.29) is 12.6 Å². The molecular formula is C18H22N4O2. The van der Waals surface area contributed by atoms with Crippen LogP contribution in [0.25, 0.3) is 0 Å². The van der Waals surface area contributed by atoms with Crippen molar-refractivity contribution >= 4 is 18.0 Å². The zero-order valence-electron chi connectivity index (χ0n) is 14.5. The van der Waals surface area contributed by atoms with Crippen molar-refractivity contribution in [2.75, 3.05) is 13.6 Å². The van der Waals surface area contributed by atoms with Gasteiger partial charge in [0.1, 0.15) is 12.3 Å². The van der Waals surface area contributed by atoms with Gasteiger partial charge in [0.25, 0.3) is 0 Å². The highest BCUT2D eigenvalue weighted by Crippen LogP contribution is 2.24. The summed E-state index contributed by atoms with van der Waals surface area (Å²) in [6.07, 6.45) is 3.36. The van der Waals surface area contributed by atoms with Gasteiger partial charge in [0.05, 0.1) is 17.6 Å². The number of hydrogen-bond donors (Lipinski definition) is 0. The van der Waals surface area contributed by atoms with Gasteiger partial charge in [-0.05, 0) is 56.2 Å². The monoisotopic (exact) mass is 326 g/mol. The van der Waals surface area contributed by atoms with Gasteiger partial charge in [-0.1, -0.05) is 0 Å². The summed E-state index contributed by atoms with van der Waals surface area (Å²) in [6.45, 7) is 6.85. The first-order valence-corrected chi connectivity index (χ1v) is 7.80. The minimum absolute atomic E-state index is 0.104. The summed E-state index contributed by atoms with van der Waals surface area (Å²) in [7, 11) is 1.96. The molecule has 6 heteroatoms. The minimum Gasteiger partial charge on any atom is -0.455 e. The van der Waals surface area contributed by atoms with Crippen molar-refractivity contribution in [3.63, 3.8) is 0 Å². The Kier molecular flexibility index (Phi) is 6.01. The van der Waals surface area contributed by atoms with Crippen LogP contribution in [0.5, 0.6) is 0 Å². The third-order valence-electron chi connectivity index (χ3n) is 3.63. The average Bonchev–Trinajstić information content (AvgIpc) is 2.60. The van der Waals surface area contributed by atoms with Crippen molar-refractivity contribution in [2.24, 2.45) is 4.99 Å². The van der Waals surface area contributed by atoms with E-state index in [9.17, 15) is 4.79 Å². The zero-order chi connectivity index (χ0) is 17.5. The molecule has 0 aliphatic rings. The smallest absolute Gasteiger partial charge is 0.338 e. The molecule has 0 radical (unpaired) electrons. The number of nitrogens with zero attached hydrogens (tertiary/aromatic N) is 4. The van der Waals surface area contributed by atoms with E-state index < -0.39 is 0 Å². The fraction of sp³-hybridized carbons (Fsp3) is 0.333. The summed E-state index contributed by atoms with van der Waals surface area (Å²) in [5.74, 6) is -0.373. The number of hydrogen-bond acceptors (Lipinski definition) is 5. The van der Waals surface area contributed by atoms with Crippen LogP contribution in [-0.4, -0.2) is 41.0 Å². The molecule has 0 fully saturated rings. The molecule has 0 aliphatic carbocycles. The highest BCUT2D eigenvalue weighted by Gasteiger charge is 2.13. The highest BCUT2D eigenvalue weighted by atomic mass is 16.5. The summed E-state index contributed by atoms with van der Waals surface area (Å²) in [6, 6.07) is 7.23. The van der Waals surface area contributed by atoms with Crippen LogP contribution in [0.4, 0.5) is 5.69 Å². The minimum atomic E-state index is -0.373. The molecule has 6 nitrogen and oxygen atoms in total. The van der Waals surface area contributed by atoms with Crippen LogP contribution < -0.4 is 0 Å². The van der Waals surface area contributed by atoms with Crippen molar-refractivity contribution in [3.05, 3.63) is 52.8 Å². The number of benzene rings is 1. The number of rotatable bonds is 6. The quantitative estimate of drug-likeness (QED) is 0.464. The second-order valence-corrected chi connectivity index (χ2v) is 5.56. The molecule has 0 atom stereocenters. The number of aliphatic imine (C=N–C) groups is 1. The summed E-state index contributed by atoms with van der Waals surface area (Å²) < 4.78 is 5.32. The van der Waals surface area contributed by atoms with Gasteiger partial charge in [0.15, 0.2) is 0 Å². The van der Waals surface area contributed by atoms with Crippen LogP contribution in [0.3, 0.4) is 0 Å². The van der Waals surface area contributed by atoms with Crippen molar-refractivity contribution in [1.82, 2.24) is 15.1 Å². The largest absolute Gasteiger partial charge is 0.455 e. The lowest BCUT2D eigenvalue weighted by Crippen LogP contribution is -2.14. The molecule has 1 aromatic heterocycles. The maximum absolute atomic E-state index is 12.3. The number of esters is 1. The fourth-order valence-electron chi connectivity index (χ4n) is 2.03. The van der Waals surface area contributed by atoms with Crippen LogP contribution in [0.2, 0.25) is 0 Å². The van der Waals surface area contributed by atoms with Gasteiger partial charge in [-0.2, -0.15) is 10.2 Å². The summed E-state index contributed by atoms with van der Waals surface area (Å²) in [5.41, 5.74) is 3.75. The zero-order valence-corrected chi connectivity index (χ0v) is 14.5. The normalized spacial score (nSPS) is 10.8. The van der Waals surface area contributed by atoms with E-state index in [0.717, 1.165) is 23.4 Å². The molecular weight excluding hydrogens is 304 g/mol. The van der Waals surface area contributed by atoms with E-state index in [1.54, 1.807) is 24.7 Å². The van der Waals surface area contributed by atoms with Crippen molar-refractivity contribution in [2.45, 2.75) is 27.4 Å². The van der Waals surface area contributed by atoms with E-state index in [4.69, 9.17) is 4.74 Å². The molecule has 0 saturated heterocycles. The highest BCUT2D eigenvalue weighted by molar-refractivity contribution is 5.92. The molecule has 0 bridgehead atoms. The third-order valence-corrected chi connectivity index (χ3v) is 3.63. The lowest BCUT2D eigenvalue weighted by Gasteiger charge is -2.11. The molecule has 0 saturated carbocycles. The Hall–Kier alpha value is -2.76. The summed E-state index contributed by atoms with van der Waals surface area (Å²) >= 11 is 0. The SMILES string of the molecule is CCN(C)C=Nc1cc(C)c(C(=O)OCc2cccnn2)cc1C.